The first kappa shape index (κ1) is 17.4. The summed E-state index contributed by atoms with van der Waals surface area (Å²) in [6.45, 7) is 1.02. The minimum absolute atomic E-state index is 0.111. The van der Waals surface area contributed by atoms with Gasteiger partial charge in [-0.2, -0.15) is 15.6 Å². The van der Waals surface area contributed by atoms with Gasteiger partial charge in [0.2, 0.25) is 10.0 Å². The molecule has 0 bridgehead atoms. The quantitative estimate of drug-likeness (QED) is 0.725. The summed E-state index contributed by atoms with van der Waals surface area (Å²) in [5.41, 5.74) is 1.58. The summed E-state index contributed by atoms with van der Waals surface area (Å²) in [4.78, 5) is 0. The van der Waals surface area contributed by atoms with Crippen molar-refractivity contribution in [3.05, 3.63) is 57.2 Å². The van der Waals surface area contributed by atoms with Crippen molar-refractivity contribution in [2.24, 2.45) is 0 Å². The Kier molecular flexibility index (Phi) is 6.40. The zero-order valence-corrected chi connectivity index (χ0v) is 14.6. The van der Waals surface area contributed by atoms with Crippen molar-refractivity contribution in [3.8, 4) is 0 Å². The molecule has 0 N–H and O–H groups in total. The highest BCUT2D eigenvalue weighted by Gasteiger charge is 2.23. The van der Waals surface area contributed by atoms with Crippen LogP contribution in [0.25, 0.3) is 0 Å². The van der Waals surface area contributed by atoms with Crippen LogP contribution in [0.5, 0.6) is 0 Å². The number of ether oxygens (including phenoxy) is 1. The van der Waals surface area contributed by atoms with Crippen LogP contribution < -0.4 is 0 Å². The molecule has 0 atom stereocenters. The van der Waals surface area contributed by atoms with Gasteiger partial charge in [0, 0.05) is 25.2 Å². The Morgan fingerprint density at radius 3 is 2.68 bits per heavy atom. The molecule has 7 heteroatoms. The van der Waals surface area contributed by atoms with Crippen LogP contribution >= 0.6 is 22.9 Å². The molecule has 0 spiro atoms. The van der Waals surface area contributed by atoms with E-state index in [0.717, 1.165) is 5.56 Å². The van der Waals surface area contributed by atoms with Crippen molar-refractivity contribution in [1.29, 1.82) is 0 Å². The van der Waals surface area contributed by atoms with E-state index in [-0.39, 0.29) is 5.75 Å². The maximum absolute atomic E-state index is 12.7. The van der Waals surface area contributed by atoms with Crippen molar-refractivity contribution in [2.75, 3.05) is 20.3 Å². The van der Waals surface area contributed by atoms with Crippen LogP contribution in [-0.4, -0.2) is 33.0 Å². The lowest BCUT2D eigenvalue weighted by atomic mass is 10.2. The van der Waals surface area contributed by atoms with Gasteiger partial charge in [-0.05, 0) is 34.0 Å². The third-order valence-corrected chi connectivity index (χ3v) is 6.05. The highest BCUT2D eigenvalue weighted by molar-refractivity contribution is 7.88. The standard InChI is InChI=1S/C15H18ClNO3S2/c1-20-8-7-17(10-13-6-9-21-11-13)22(18,19)12-14-4-2-3-5-15(14)16/h2-6,9,11H,7-8,10,12H2,1H3. The second-order valence-corrected chi connectivity index (χ2v) is 7.96. The zero-order valence-electron chi connectivity index (χ0n) is 12.2. The number of benzene rings is 1. The first-order valence-corrected chi connectivity index (χ1v) is 9.67. The molecule has 0 fully saturated rings. The van der Waals surface area contributed by atoms with Crippen molar-refractivity contribution in [1.82, 2.24) is 4.31 Å². The lowest BCUT2D eigenvalue weighted by Gasteiger charge is -2.21. The Bertz CT molecular complexity index is 687. The van der Waals surface area contributed by atoms with E-state index in [1.54, 1.807) is 42.7 Å². The van der Waals surface area contributed by atoms with Crippen molar-refractivity contribution >= 4 is 33.0 Å². The summed E-state index contributed by atoms with van der Waals surface area (Å²) in [7, 11) is -1.91. The van der Waals surface area contributed by atoms with Crippen LogP contribution in [0.3, 0.4) is 0 Å². The van der Waals surface area contributed by atoms with Crippen LogP contribution in [0.15, 0.2) is 41.1 Å². The van der Waals surface area contributed by atoms with E-state index in [2.05, 4.69) is 0 Å². The molecular weight excluding hydrogens is 342 g/mol. The van der Waals surface area contributed by atoms with E-state index >= 15 is 0 Å². The Hall–Kier alpha value is -0.920. The Morgan fingerprint density at radius 1 is 1.27 bits per heavy atom. The number of rotatable bonds is 8. The van der Waals surface area contributed by atoms with Gasteiger partial charge in [0.25, 0.3) is 0 Å². The number of hydrogen-bond acceptors (Lipinski definition) is 4. The molecule has 22 heavy (non-hydrogen) atoms. The van der Waals surface area contributed by atoms with Crippen LogP contribution in [-0.2, 0) is 27.1 Å². The number of halogens is 1. The molecule has 2 aromatic rings. The average molecular weight is 360 g/mol. The fourth-order valence-corrected chi connectivity index (χ4v) is 4.47. The van der Waals surface area contributed by atoms with Crippen LogP contribution in [0.4, 0.5) is 0 Å². The monoisotopic (exact) mass is 359 g/mol. The number of sulfonamides is 1. The van der Waals surface area contributed by atoms with E-state index in [0.29, 0.717) is 30.3 Å². The molecule has 0 aliphatic carbocycles. The molecule has 1 aromatic heterocycles. The molecule has 1 aromatic carbocycles. The molecule has 0 aliphatic rings. The summed E-state index contributed by atoms with van der Waals surface area (Å²) >= 11 is 7.62. The summed E-state index contributed by atoms with van der Waals surface area (Å²) in [6.07, 6.45) is 0. The van der Waals surface area contributed by atoms with Gasteiger partial charge in [-0.1, -0.05) is 29.8 Å². The van der Waals surface area contributed by atoms with Crippen LogP contribution in [0.2, 0.25) is 5.02 Å². The summed E-state index contributed by atoms with van der Waals surface area (Å²) < 4.78 is 31.9. The van der Waals surface area contributed by atoms with Gasteiger partial charge in [0.1, 0.15) is 0 Å². The highest BCUT2D eigenvalue weighted by Crippen LogP contribution is 2.21. The van der Waals surface area contributed by atoms with Gasteiger partial charge in [-0.3, -0.25) is 0 Å². The molecule has 0 aliphatic heterocycles. The van der Waals surface area contributed by atoms with E-state index in [4.69, 9.17) is 16.3 Å². The predicted octanol–water partition coefficient (Wildman–Crippen LogP) is 3.38. The van der Waals surface area contributed by atoms with Crippen LogP contribution in [0, 0.1) is 0 Å². The zero-order chi connectivity index (χ0) is 16.0. The van der Waals surface area contributed by atoms with Crippen molar-refractivity contribution in [3.63, 3.8) is 0 Å². The van der Waals surface area contributed by atoms with Gasteiger partial charge in [0.05, 0.1) is 12.4 Å². The Labute approximate surface area is 140 Å². The van der Waals surface area contributed by atoms with Crippen molar-refractivity contribution in [2.45, 2.75) is 12.3 Å². The molecule has 0 amide bonds. The number of thiophene rings is 1. The average Bonchev–Trinajstić information content (AvgIpc) is 2.98. The highest BCUT2D eigenvalue weighted by atomic mass is 35.5. The van der Waals surface area contributed by atoms with Crippen LogP contribution in [0.1, 0.15) is 11.1 Å². The van der Waals surface area contributed by atoms with E-state index in [1.165, 1.54) is 4.31 Å². The fraction of sp³-hybridized carbons (Fsp3) is 0.333. The van der Waals surface area contributed by atoms with E-state index in [1.807, 2.05) is 16.8 Å². The molecular formula is C15H18ClNO3S2. The molecule has 0 saturated carbocycles. The topological polar surface area (TPSA) is 46.6 Å². The minimum Gasteiger partial charge on any atom is -0.383 e. The third kappa shape index (κ3) is 4.79. The Balaban J connectivity index is 2.18. The molecule has 4 nitrogen and oxygen atoms in total. The number of nitrogens with zero attached hydrogens (tertiary/aromatic N) is 1. The van der Waals surface area contributed by atoms with Gasteiger partial charge >= 0.3 is 0 Å². The molecule has 1 heterocycles. The fourth-order valence-electron chi connectivity index (χ4n) is 2.00. The van der Waals surface area contributed by atoms with Gasteiger partial charge in [0.15, 0.2) is 0 Å². The first-order chi connectivity index (χ1) is 10.5. The van der Waals surface area contributed by atoms with Gasteiger partial charge in [-0.15, -0.1) is 0 Å². The second kappa shape index (κ2) is 8.08. The minimum atomic E-state index is -3.47. The molecule has 2 rings (SSSR count). The molecule has 0 saturated heterocycles. The lowest BCUT2D eigenvalue weighted by molar-refractivity contribution is 0.177. The smallest absolute Gasteiger partial charge is 0.218 e. The maximum atomic E-state index is 12.7. The number of hydrogen-bond donors (Lipinski definition) is 0. The van der Waals surface area contributed by atoms with E-state index in [9.17, 15) is 8.42 Å². The molecule has 0 unspecified atom stereocenters. The molecule has 0 radical (unpaired) electrons. The van der Waals surface area contributed by atoms with Crippen molar-refractivity contribution < 1.29 is 13.2 Å². The Morgan fingerprint density at radius 2 is 2.05 bits per heavy atom. The third-order valence-electron chi connectivity index (χ3n) is 3.17. The predicted molar refractivity (Wildman–Crippen MR) is 90.7 cm³/mol. The molecule has 120 valence electrons. The summed E-state index contributed by atoms with van der Waals surface area (Å²) in [5.74, 6) is -0.111. The largest absolute Gasteiger partial charge is 0.383 e. The lowest BCUT2D eigenvalue weighted by Crippen LogP contribution is -2.34. The van der Waals surface area contributed by atoms with E-state index < -0.39 is 10.0 Å². The second-order valence-electron chi connectivity index (χ2n) is 4.81. The summed E-state index contributed by atoms with van der Waals surface area (Å²) in [6, 6.07) is 8.93. The van der Waals surface area contributed by atoms with Gasteiger partial charge < -0.3 is 4.74 Å². The van der Waals surface area contributed by atoms with Gasteiger partial charge in [-0.25, -0.2) is 8.42 Å². The summed E-state index contributed by atoms with van der Waals surface area (Å²) in [5, 5.41) is 4.35. The SMILES string of the molecule is COCCN(Cc1ccsc1)S(=O)(=O)Cc1ccccc1Cl. The number of methoxy groups -OCH3 is 1. The normalized spacial score (nSPS) is 12.0. The first-order valence-electron chi connectivity index (χ1n) is 6.74. The maximum Gasteiger partial charge on any atom is 0.218 e.